The van der Waals surface area contributed by atoms with E-state index >= 15 is 0 Å². The zero-order valence-corrected chi connectivity index (χ0v) is 47.6. The summed E-state index contributed by atoms with van der Waals surface area (Å²) in [6.45, 7) is 7.47. The Labute approximate surface area is 471 Å². The molecule has 4 aromatic carbocycles. The number of hydrogen-bond donors (Lipinski definition) is 4. The number of nitrogens with one attached hydrogen (secondary N) is 4. The Bertz CT molecular complexity index is 3620. The van der Waals surface area contributed by atoms with Gasteiger partial charge in [-0.3, -0.25) is 9.59 Å². The number of oxazole rings is 1. The molecular weight excluding hydrogens is 1060 g/mol. The molecule has 19 heteroatoms. The van der Waals surface area contributed by atoms with Gasteiger partial charge in [0.05, 0.1) is 41.8 Å². The third-order valence-corrected chi connectivity index (χ3v) is 19.3. The first-order valence-electron chi connectivity index (χ1n) is 27.8. The van der Waals surface area contributed by atoms with E-state index in [2.05, 4.69) is 48.4 Å². The average molecular weight is 1130 g/mol. The van der Waals surface area contributed by atoms with Crippen LogP contribution in [0.25, 0.3) is 33.3 Å². The summed E-state index contributed by atoms with van der Waals surface area (Å²) in [5.74, 6) is 2.50. The lowest BCUT2D eigenvalue weighted by Crippen LogP contribution is -2.49. The maximum absolute atomic E-state index is 13.4. The lowest BCUT2D eigenvalue weighted by Gasteiger charge is -2.46. The molecule has 2 aliphatic heterocycles. The maximum Gasteiger partial charge on any atom is 0.264 e. The summed E-state index contributed by atoms with van der Waals surface area (Å²) >= 11 is 6.40. The highest BCUT2D eigenvalue weighted by atomic mass is 35.5. The molecule has 12 rings (SSSR count). The van der Waals surface area contributed by atoms with Gasteiger partial charge in [0, 0.05) is 67.5 Å². The molecule has 0 radical (unpaired) electrons. The molecule has 6 unspecified atom stereocenters. The summed E-state index contributed by atoms with van der Waals surface area (Å²) in [5, 5.41) is 6.68. The van der Waals surface area contributed by atoms with E-state index in [9.17, 15) is 18.0 Å². The number of aromatic nitrogens is 4. The minimum absolute atomic E-state index is 0.0315. The third kappa shape index (κ3) is 11.1. The predicted octanol–water partition coefficient (Wildman–Crippen LogP) is 11.4. The molecule has 0 saturated heterocycles. The van der Waals surface area contributed by atoms with E-state index < -0.39 is 21.2 Å². The minimum atomic E-state index is -3.88. The zero-order valence-electron chi connectivity index (χ0n) is 46.1. The molecule has 4 N–H and O–H groups in total. The minimum Gasteiger partial charge on any atom is -0.495 e. The number of carbonyl (C=O) groups is 2. The summed E-state index contributed by atoms with van der Waals surface area (Å²) in [6, 6.07) is 22.6. The van der Waals surface area contributed by atoms with Crippen molar-refractivity contribution >= 4 is 72.9 Å². The Morgan fingerprint density at radius 1 is 0.938 bits per heavy atom. The lowest BCUT2D eigenvalue weighted by atomic mass is 9.68. The number of benzene rings is 4. The number of hydrogen-bond acceptors (Lipinski definition) is 14. The van der Waals surface area contributed by atoms with Crippen LogP contribution >= 0.6 is 11.6 Å². The van der Waals surface area contributed by atoms with Gasteiger partial charge in [0.1, 0.15) is 28.8 Å². The van der Waals surface area contributed by atoms with Gasteiger partial charge in [0.15, 0.2) is 11.5 Å². The van der Waals surface area contributed by atoms with Crippen molar-refractivity contribution in [3.05, 3.63) is 124 Å². The molecule has 7 aromatic rings. The fourth-order valence-electron chi connectivity index (χ4n) is 12.3. The van der Waals surface area contributed by atoms with Crippen LogP contribution < -0.4 is 34.5 Å². The van der Waals surface area contributed by atoms with Gasteiger partial charge in [-0.2, -0.15) is 9.97 Å². The first-order valence-corrected chi connectivity index (χ1v) is 29.7. The number of anilines is 3. The molecule has 5 heterocycles. The quantitative estimate of drug-likeness (QED) is 0.104. The summed E-state index contributed by atoms with van der Waals surface area (Å²) in [4.78, 5) is 45.0. The molecule has 6 atom stereocenters. The SMILES string of the molecule is CNC(=O)c1ccc(Nc2nc(OC3CCCC3)c3c(-c4ccc5nc(C)oc5c4)c[nH]c3n2)c(OC)c1.COC1C=CCC(C)C(C)S(=O)(=O)NC(=O)c2ccc3c(c2)N(CC2CCC21)CC1(CCCc2cc(Cl)ccc21)CO3. The van der Waals surface area contributed by atoms with Crippen molar-refractivity contribution < 1.29 is 41.4 Å². The number of aryl methyl sites for hydroxylation is 2. The van der Waals surface area contributed by atoms with Gasteiger partial charge in [-0.05, 0) is 166 Å². The van der Waals surface area contributed by atoms with Crippen molar-refractivity contribution in [3.63, 3.8) is 0 Å². The highest BCUT2D eigenvalue weighted by Crippen LogP contribution is 2.47. The van der Waals surface area contributed by atoms with Gasteiger partial charge in [-0.1, -0.05) is 42.8 Å². The molecule has 420 valence electrons. The highest BCUT2D eigenvalue weighted by Gasteiger charge is 2.45. The number of allylic oxidation sites excluding steroid dienone is 1. The van der Waals surface area contributed by atoms with Gasteiger partial charge >= 0.3 is 0 Å². The van der Waals surface area contributed by atoms with Crippen molar-refractivity contribution in [2.24, 2.45) is 17.8 Å². The second-order valence-electron chi connectivity index (χ2n) is 22.1. The maximum atomic E-state index is 13.4. The normalized spacial score (nSPS) is 23.6. The standard InChI is InChI=1S/C33H41ClN2O5S.C28H28N6O4/c1-21-6-4-8-30(40-3)27-12-9-25(27)18-36-19-33(15-5-7-23-16-26(34)11-13-28(23)33)20-41-31-14-10-24(17-29(31)36)32(37)35-42(38,39)22(21)2;1-15-31-21-10-8-16(12-23(21)37-15)19-14-30-25-24(19)27(38-18-6-4-5-7-18)34-28(33-25)32-20-11-9-17(26(35)29-2)13-22(20)36-3/h4,8,10-11,13-14,16-17,21-22,25,27,30H,5-7,9,12,15,18-20H2,1-3H3,(H,35,37);8-14,18H,4-7H2,1-3H3,(H,29,35)(H2,30,32,33,34). The van der Waals surface area contributed by atoms with Crippen LogP contribution in [0, 0.1) is 24.7 Å². The number of rotatable bonds is 8. The van der Waals surface area contributed by atoms with E-state index in [0.29, 0.717) is 70.8 Å². The molecule has 2 saturated carbocycles. The molecule has 1 spiro atoms. The van der Waals surface area contributed by atoms with Crippen LogP contribution in [0.1, 0.15) is 109 Å². The number of H-pyrrole nitrogens is 1. The molecule has 3 aliphatic carbocycles. The Morgan fingerprint density at radius 2 is 1.76 bits per heavy atom. The smallest absolute Gasteiger partial charge is 0.264 e. The molecule has 2 fully saturated rings. The molecule has 2 bridgehead atoms. The fraction of sp³-hybridized carbons (Fsp3) is 0.426. The van der Waals surface area contributed by atoms with Crippen LogP contribution in [0.2, 0.25) is 5.02 Å². The Hall–Kier alpha value is -7.15. The third-order valence-electron chi connectivity index (χ3n) is 17.1. The molecular formula is C61H69ClN8O9S. The van der Waals surface area contributed by atoms with Crippen LogP contribution in [0.4, 0.5) is 17.3 Å². The number of amides is 2. The topological polar surface area (TPSA) is 212 Å². The van der Waals surface area contributed by atoms with Crippen LogP contribution in [0.15, 0.2) is 95.6 Å². The molecule has 5 aliphatic rings. The monoisotopic (exact) mass is 1120 g/mol. The number of ether oxygens (including phenoxy) is 4. The van der Waals surface area contributed by atoms with Crippen LogP contribution in [-0.4, -0.2) is 98.6 Å². The van der Waals surface area contributed by atoms with E-state index in [1.165, 1.54) is 11.1 Å². The van der Waals surface area contributed by atoms with Gasteiger partial charge in [0.2, 0.25) is 21.9 Å². The second kappa shape index (κ2) is 22.8. The number of halogens is 1. The number of fused-ring (bicyclic) bond motifs is 6. The predicted molar refractivity (Wildman–Crippen MR) is 310 cm³/mol. The van der Waals surface area contributed by atoms with E-state index in [1.54, 1.807) is 52.5 Å². The average Bonchev–Trinajstić information content (AvgIpc) is 4.30. The molecule has 3 aromatic heterocycles. The summed E-state index contributed by atoms with van der Waals surface area (Å²) in [6.07, 6.45) is 16.2. The largest absolute Gasteiger partial charge is 0.495 e. The number of aromatic amines is 1. The first-order chi connectivity index (χ1) is 38.6. The summed E-state index contributed by atoms with van der Waals surface area (Å²) < 4.78 is 59.1. The Morgan fingerprint density at radius 3 is 2.54 bits per heavy atom. The van der Waals surface area contributed by atoms with Crippen molar-refractivity contribution in [2.75, 3.05) is 51.2 Å². The Kier molecular flexibility index (Phi) is 15.6. The molecule has 2 amide bonds. The van der Waals surface area contributed by atoms with Crippen LogP contribution in [0.3, 0.4) is 0 Å². The zero-order chi connectivity index (χ0) is 55.9. The number of sulfonamides is 1. The van der Waals surface area contributed by atoms with Crippen molar-refractivity contribution in [1.29, 1.82) is 0 Å². The van der Waals surface area contributed by atoms with Gasteiger partial charge < -0.3 is 43.9 Å². The van der Waals surface area contributed by atoms with Crippen LogP contribution in [-0.2, 0) is 26.6 Å². The van der Waals surface area contributed by atoms with Crippen molar-refractivity contribution in [2.45, 2.75) is 108 Å². The number of carbonyl (C=O) groups excluding carboxylic acids is 2. The van der Waals surface area contributed by atoms with Gasteiger partial charge in [0.25, 0.3) is 11.8 Å². The molecule has 80 heavy (non-hydrogen) atoms. The van der Waals surface area contributed by atoms with E-state index in [1.807, 2.05) is 62.5 Å². The Balaban J connectivity index is 0.000000170. The second-order valence-corrected chi connectivity index (χ2v) is 24.6. The fourth-order valence-corrected chi connectivity index (χ4v) is 13.8. The summed E-state index contributed by atoms with van der Waals surface area (Å²) in [5.41, 5.74) is 8.64. The van der Waals surface area contributed by atoms with Crippen molar-refractivity contribution in [3.8, 4) is 28.5 Å². The summed E-state index contributed by atoms with van der Waals surface area (Å²) in [7, 11) is 1.02. The van der Waals surface area contributed by atoms with Gasteiger partial charge in [-0.15, -0.1) is 0 Å². The lowest BCUT2D eigenvalue weighted by molar-refractivity contribution is 0.0131. The highest BCUT2D eigenvalue weighted by molar-refractivity contribution is 7.90. The van der Waals surface area contributed by atoms with Crippen LogP contribution in [0.5, 0.6) is 17.4 Å². The van der Waals surface area contributed by atoms with Crippen molar-refractivity contribution in [1.82, 2.24) is 30.0 Å². The van der Waals surface area contributed by atoms with Gasteiger partial charge in [-0.25, -0.2) is 18.1 Å². The molecule has 17 nitrogen and oxygen atoms in total. The van der Waals surface area contributed by atoms with E-state index in [0.717, 1.165) is 115 Å². The van der Waals surface area contributed by atoms with E-state index in [-0.39, 0.29) is 29.4 Å². The van der Waals surface area contributed by atoms with E-state index in [4.69, 9.17) is 44.9 Å². The first kappa shape index (κ1) is 54.8. The number of methoxy groups -OCH3 is 2. The number of nitrogens with zero attached hydrogens (tertiary/aromatic N) is 4.